The normalized spacial score (nSPS) is 11.0. The molecule has 0 atom stereocenters. The first kappa shape index (κ1) is 15.4. The van der Waals surface area contributed by atoms with Gasteiger partial charge < -0.3 is 5.11 Å². The molecule has 2 rings (SSSR count). The van der Waals surface area contributed by atoms with Crippen LogP contribution in [0.2, 0.25) is 5.02 Å². The van der Waals surface area contributed by atoms with Crippen LogP contribution in [0.5, 0.6) is 5.75 Å². The Labute approximate surface area is 138 Å². The summed E-state index contributed by atoms with van der Waals surface area (Å²) >= 11 is 12.7. The molecule has 2 aromatic rings. The molecule has 2 N–H and O–H groups in total. The molecule has 0 amide bonds. The Morgan fingerprint density at radius 1 is 1.30 bits per heavy atom. The lowest BCUT2D eigenvalue weighted by atomic mass is 10.2. The number of rotatable bonds is 3. The van der Waals surface area contributed by atoms with E-state index in [1.807, 2.05) is 25.1 Å². The Morgan fingerprint density at radius 3 is 2.80 bits per heavy atom. The maximum absolute atomic E-state index is 9.91. The first-order chi connectivity index (χ1) is 9.49. The molecule has 0 aromatic heterocycles. The second kappa shape index (κ2) is 6.61. The summed E-state index contributed by atoms with van der Waals surface area (Å²) in [6.07, 6.45) is 1.55. The Kier molecular flexibility index (Phi) is 5.07. The predicted molar refractivity (Wildman–Crippen MR) is 90.9 cm³/mol. The number of nitrogens with one attached hydrogen (secondary N) is 1. The molecular formula is C14H11Br2ClN2O. The number of anilines is 1. The summed E-state index contributed by atoms with van der Waals surface area (Å²) in [5.74, 6) is 0.140. The molecule has 0 saturated heterocycles. The molecule has 0 radical (unpaired) electrons. The highest BCUT2D eigenvalue weighted by atomic mass is 79.9. The predicted octanol–water partition coefficient (Wildman–Crippen LogP) is 5.33. The van der Waals surface area contributed by atoms with Gasteiger partial charge in [-0.2, -0.15) is 5.10 Å². The monoisotopic (exact) mass is 416 g/mol. The van der Waals surface area contributed by atoms with Crippen molar-refractivity contribution >= 4 is 55.4 Å². The van der Waals surface area contributed by atoms with E-state index in [1.165, 1.54) is 0 Å². The van der Waals surface area contributed by atoms with E-state index >= 15 is 0 Å². The van der Waals surface area contributed by atoms with Crippen molar-refractivity contribution in [2.24, 2.45) is 5.10 Å². The quantitative estimate of drug-likeness (QED) is 0.523. The first-order valence-corrected chi connectivity index (χ1v) is 7.67. The number of hydrogen-bond donors (Lipinski definition) is 2. The fraction of sp³-hybridized carbons (Fsp3) is 0.0714. The van der Waals surface area contributed by atoms with Gasteiger partial charge in [-0.15, -0.1) is 0 Å². The molecule has 0 aliphatic heterocycles. The van der Waals surface area contributed by atoms with Gasteiger partial charge in [-0.05, 0) is 52.7 Å². The lowest BCUT2D eigenvalue weighted by Crippen LogP contribution is -1.94. The largest absolute Gasteiger partial charge is 0.506 e. The van der Waals surface area contributed by atoms with Gasteiger partial charge in [0.25, 0.3) is 0 Å². The minimum absolute atomic E-state index is 0.140. The van der Waals surface area contributed by atoms with Crippen molar-refractivity contribution in [2.45, 2.75) is 6.92 Å². The van der Waals surface area contributed by atoms with Gasteiger partial charge in [0.05, 0.1) is 16.4 Å². The van der Waals surface area contributed by atoms with Crippen molar-refractivity contribution in [3.05, 3.63) is 55.4 Å². The molecule has 104 valence electrons. The summed E-state index contributed by atoms with van der Waals surface area (Å²) < 4.78 is 1.45. The summed E-state index contributed by atoms with van der Waals surface area (Å²) in [4.78, 5) is 0. The van der Waals surface area contributed by atoms with Crippen molar-refractivity contribution in [3.8, 4) is 5.75 Å². The summed E-state index contributed by atoms with van der Waals surface area (Å²) in [6.45, 7) is 1.91. The number of halogens is 3. The van der Waals surface area contributed by atoms with Crippen LogP contribution in [0.15, 0.2) is 44.4 Å². The van der Waals surface area contributed by atoms with E-state index < -0.39 is 0 Å². The molecule has 0 aliphatic carbocycles. The molecule has 20 heavy (non-hydrogen) atoms. The zero-order valence-electron chi connectivity index (χ0n) is 10.5. The second-order valence-electron chi connectivity index (χ2n) is 4.11. The van der Waals surface area contributed by atoms with Crippen LogP contribution in [0.3, 0.4) is 0 Å². The Balaban J connectivity index is 2.21. The topological polar surface area (TPSA) is 44.6 Å². The Bertz CT molecular complexity index is 674. The van der Waals surface area contributed by atoms with Gasteiger partial charge in [0, 0.05) is 15.1 Å². The Morgan fingerprint density at radius 2 is 2.05 bits per heavy atom. The first-order valence-electron chi connectivity index (χ1n) is 5.71. The summed E-state index contributed by atoms with van der Waals surface area (Å²) in [7, 11) is 0. The highest BCUT2D eigenvalue weighted by Crippen LogP contribution is 2.30. The van der Waals surface area contributed by atoms with Crippen molar-refractivity contribution < 1.29 is 5.11 Å². The molecule has 0 spiro atoms. The number of hydrazone groups is 1. The van der Waals surface area contributed by atoms with Crippen LogP contribution in [0.1, 0.15) is 11.1 Å². The van der Waals surface area contributed by atoms with Gasteiger partial charge in [0.15, 0.2) is 0 Å². The lowest BCUT2D eigenvalue weighted by molar-refractivity contribution is 0.471. The van der Waals surface area contributed by atoms with Gasteiger partial charge >= 0.3 is 0 Å². The van der Waals surface area contributed by atoms with Crippen LogP contribution in [-0.2, 0) is 0 Å². The van der Waals surface area contributed by atoms with Crippen molar-refractivity contribution in [3.63, 3.8) is 0 Å². The zero-order chi connectivity index (χ0) is 14.7. The van der Waals surface area contributed by atoms with E-state index in [-0.39, 0.29) is 5.75 Å². The molecule has 0 unspecified atom stereocenters. The van der Waals surface area contributed by atoms with Gasteiger partial charge in [0.1, 0.15) is 5.75 Å². The van der Waals surface area contributed by atoms with Crippen molar-refractivity contribution in [1.29, 1.82) is 0 Å². The van der Waals surface area contributed by atoms with E-state index in [1.54, 1.807) is 18.3 Å². The molecule has 6 heteroatoms. The van der Waals surface area contributed by atoms with Crippen LogP contribution >= 0.6 is 43.5 Å². The van der Waals surface area contributed by atoms with E-state index in [0.717, 1.165) is 15.7 Å². The minimum atomic E-state index is 0.140. The third kappa shape index (κ3) is 3.53. The number of hydrogen-bond acceptors (Lipinski definition) is 3. The maximum Gasteiger partial charge on any atom is 0.138 e. The fourth-order valence-corrected chi connectivity index (χ4v) is 3.02. The molecule has 0 heterocycles. The average molecular weight is 419 g/mol. The standard InChI is InChI=1S/C14H11Br2ClN2O/c1-8-12(17)3-2-4-13(8)19-18-7-9-5-10(15)6-11(16)14(9)20/h2-7,19-20H,1H3. The highest BCUT2D eigenvalue weighted by Gasteiger charge is 2.05. The lowest BCUT2D eigenvalue weighted by Gasteiger charge is -2.06. The number of phenols is 1. The number of benzene rings is 2. The molecular weight excluding hydrogens is 407 g/mol. The summed E-state index contributed by atoms with van der Waals surface area (Å²) in [5.41, 5.74) is 5.25. The molecule has 3 nitrogen and oxygen atoms in total. The second-order valence-corrected chi connectivity index (χ2v) is 6.29. The summed E-state index contributed by atoms with van der Waals surface area (Å²) in [5, 5.41) is 14.7. The Hall–Kier alpha value is -1.04. The van der Waals surface area contributed by atoms with Gasteiger partial charge in [0.2, 0.25) is 0 Å². The minimum Gasteiger partial charge on any atom is -0.506 e. The van der Waals surface area contributed by atoms with E-state index in [2.05, 4.69) is 42.4 Å². The van der Waals surface area contributed by atoms with Crippen LogP contribution in [0.4, 0.5) is 5.69 Å². The van der Waals surface area contributed by atoms with Crippen LogP contribution in [0, 0.1) is 6.92 Å². The van der Waals surface area contributed by atoms with E-state index in [9.17, 15) is 5.11 Å². The van der Waals surface area contributed by atoms with Crippen LogP contribution in [-0.4, -0.2) is 11.3 Å². The number of phenolic OH excluding ortho intramolecular Hbond substituents is 1. The molecule has 0 bridgehead atoms. The van der Waals surface area contributed by atoms with Gasteiger partial charge in [-0.3, -0.25) is 5.43 Å². The molecule has 0 aliphatic rings. The van der Waals surface area contributed by atoms with Crippen molar-refractivity contribution in [2.75, 3.05) is 5.43 Å². The van der Waals surface area contributed by atoms with Crippen LogP contribution in [0.25, 0.3) is 0 Å². The van der Waals surface area contributed by atoms with E-state index in [4.69, 9.17) is 11.6 Å². The van der Waals surface area contributed by atoms with E-state index in [0.29, 0.717) is 15.1 Å². The van der Waals surface area contributed by atoms with Gasteiger partial charge in [-0.25, -0.2) is 0 Å². The third-order valence-corrected chi connectivity index (χ3v) is 4.19. The van der Waals surface area contributed by atoms with Crippen LogP contribution < -0.4 is 5.43 Å². The number of nitrogens with zero attached hydrogens (tertiary/aromatic N) is 1. The SMILES string of the molecule is Cc1c(Cl)cccc1NN=Cc1cc(Br)cc(Br)c1O. The van der Waals surface area contributed by atoms with Gasteiger partial charge in [-0.1, -0.05) is 33.6 Å². The molecule has 2 aromatic carbocycles. The number of aromatic hydroxyl groups is 1. The molecule has 0 fully saturated rings. The third-order valence-electron chi connectivity index (χ3n) is 2.71. The van der Waals surface area contributed by atoms with Crippen molar-refractivity contribution in [1.82, 2.24) is 0 Å². The average Bonchev–Trinajstić information content (AvgIpc) is 2.40. The zero-order valence-corrected chi connectivity index (χ0v) is 14.4. The maximum atomic E-state index is 9.91. The fourth-order valence-electron chi connectivity index (χ4n) is 1.58. The molecule has 0 saturated carbocycles. The summed E-state index contributed by atoms with van der Waals surface area (Å²) in [6, 6.07) is 9.09. The smallest absolute Gasteiger partial charge is 0.138 e. The highest BCUT2D eigenvalue weighted by molar-refractivity contribution is 9.11.